The maximum absolute atomic E-state index is 13.0. The van der Waals surface area contributed by atoms with E-state index in [0.29, 0.717) is 29.5 Å². The van der Waals surface area contributed by atoms with Gasteiger partial charge < -0.3 is 19.4 Å². The Morgan fingerprint density at radius 1 is 1.38 bits per heavy atom. The van der Waals surface area contributed by atoms with E-state index in [1.54, 1.807) is 21.0 Å². The highest BCUT2D eigenvalue weighted by Crippen LogP contribution is 2.39. The van der Waals surface area contributed by atoms with E-state index in [1.807, 2.05) is 6.07 Å². The Balaban J connectivity index is 1.99. The summed E-state index contributed by atoms with van der Waals surface area (Å²) in [7, 11) is 1.56. The molecule has 1 saturated carbocycles. The molecule has 1 N–H and O–H groups in total. The molecule has 0 unspecified atom stereocenters. The Labute approximate surface area is 166 Å². The van der Waals surface area contributed by atoms with Crippen molar-refractivity contribution in [1.29, 1.82) is 5.26 Å². The summed E-state index contributed by atoms with van der Waals surface area (Å²) in [6.45, 7) is 0.512. The highest BCUT2D eigenvalue weighted by Gasteiger charge is 2.33. The number of methoxy groups -OCH3 is 1. The zero-order chi connectivity index (χ0) is 21.1. The molecule has 2 aromatic rings. The van der Waals surface area contributed by atoms with E-state index >= 15 is 0 Å². The molecular formula is C19H21F2N5O3. The Morgan fingerprint density at radius 2 is 2.10 bits per heavy atom. The Hall–Kier alpha value is -3.06. The molecule has 3 rings (SSSR count). The van der Waals surface area contributed by atoms with Gasteiger partial charge in [0, 0.05) is 18.9 Å². The molecule has 1 aliphatic rings. The van der Waals surface area contributed by atoms with E-state index in [-0.39, 0.29) is 23.4 Å². The molecule has 0 aromatic carbocycles. The third-order valence-corrected chi connectivity index (χ3v) is 4.72. The SMILES string of the molecule is COC[C@H](C1CC1)n1cc(C#N)nc(Nc2cc(C)c(OC(F)F)nc2C)c1=O. The summed E-state index contributed by atoms with van der Waals surface area (Å²) < 4.78 is 36.1. The van der Waals surface area contributed by atoms with Gasteiger partial charge in [-0.3, -0.25) is 4.79 Å². The normalized spacial score (nSPS) is 14.5. The molecule has 29 heavy (non-hydrogen) atoms. The van der Waals surface area contributed by atoms with Crippen LogP contribution in [-0.4, -0.2) is 34.9 Å². The third kappa shape index (κ3) is 4.68. The summed E-state index contributed by atoms with van der Waals surface area (Å²) in [5, 5.41) is 12.2. The van der Waals surface area contributed by atoms with Gasteiger partial charge in [0.25, 0.3) is 5.56 Å². The predicted octanol–water partition coefficient (Wildman–Crippen LogP) is 3.07. The quantitative estimate of drug-likeness (QED) is 0.720. The topological polar surface area (TPSA) is 102 Å². The fraction of sp³-hybridized carbons (Fsp3) is 0.474. The number of aryl methyl sites for hydroxylation is 2. The number of aromatic nitrogens is 3. The number of alkyl halides is 2. The maximum Gasteiger partial charge on any atom is 0.388 e. The number of nitrogens with one attached hydrogen (secondary N) is 1. The second-order valence-corrected chi connectivity index (χ2v) is 6.91. The Morgan fingerprint density at radius 3 is 2.69 bits per heavy atom. The van der Waals surface area contributed by atoms with Gasteiger partial charge in [-0.05, 0) is 38.7 Å². The van der Waals surface area contributed by atoms with Crippen LogP contribution >= 0.6 is 0 Å². The molecule has 0 saturated heterocycles. The van der Waals surface area contributed by atoms with Crippen LogP contribution in [0.25, 0.3) is 0 Å². The second kappa shape index (κ2) is 8.53. The summed E-state index contributed by atoms with van der Waals surface area (Å²) in [5.41, 5.74) is 0.796. The van der Waals surface area contributed by atoms with Crippen LogP contribution in [0, 0.1) is 31.1 Å². The van der Waals surface area contributed by atoms with Crippen molar-refractivity contribution < 1.29 is 18.3 Å². The zero-order valence-electron chi connectivity index (χ0n) is 16.3. The van der Waals surface area contributed by atoms with E-state index in [0.717, 1.165) is 12.8 Å². The lowest BCUT2D eigenvalue weighted by Crippen LogP contribution is -2.31. The fourth-order valence-corrected chi connectivity index (χ4v) is 3.13. The van der Waals surface area contributed by atoms with Gasteiger partial charge in [0.1, 0.15) is 6.07 Å². The molecule has 0 bridgehead atoms. The highest BCUT2D eigenvalue weighted by atomic mass is 19.3. The van der Waals surface area contributed by atoms with E-state index in [9.17, 15) is 18.8 Å². The smallest absolute Gasteiger partial charge is 0.388 e. The van der Waals surface area contributed by atoms with Crippen LogP contribution in [0.4, 0.5) is 20.3 Å². The first-order valence-corrected chi connectivity index (χ1v) is 9.06. The standard InChI is InChI=1S/C19H21F2N5O3/c1-10-6-14(11(2)23-17(10)29-19(20)21)25-16-18(27)26(8-13(7-22)24-16)15(9-28-3)12-4-5-12/h6,8,12,15,19H,4-5,9H2,1-3H3,(H,24,25)/t15-/m1/s1. The van der Waals surface area contributed by atoms with Gasteiger partial charge in [-0.25, -0.2) is 9.97 Å². The van der Waals surface area contributed by atoms with E-state index in [1.165, 1.54) is 16.8 Å². The summed E-state index contributed by atoms with van der Waals surface area (Å²) in [6, 6.07) is 3.31. The molecule has 8 nitrogen and oxygen atoms in total. The van der Waals surface area contributed by atoms with Crippen LogP contribution < -0.4 is 15.6 Å². The fourth-order valence-electron chi connectivity index (χ4n) is 3.13. The second-order valence-electron chi connectivity index (χ2n) is 6.91. The molecule has 0 spiro atoms. The van der Waals surface area contributed by atoms with Crippen molar-refractivity contribution in [3.05, 3.63) is 39.6 Å². The third-order valence-electron chi connectivity index (χ3n) is 4.72. The van der Waals surface area contributed by atoms with E-state index in [2.05, 4.69) is 20.0 Å². The Bertz CT molecular complexity index is 999. The number of pyridine rings is 1. The average molecular weight is 405 g/mol. The molecule has 0 aliphatic heterocycles. The molecule has 2 heterocycles. The lowest BCUT2D eigenvalue weighted by Gasteiger charge is -2.20. The van der Waals surface area contributed by atoms with Crippen molar-refractivity contribution in [3.8, 4) is 11.9 Å². The molecule has 1 fully saturated rings. The van der Waals surface area contributed by atoms with Gasteiger partial charge in [-0.2, -0.15) is 14.0 Å². The van der Waals surface area contributed by atoms with Gasteiger partial charge in [-0.15, -0.1) is 0 Å². The molecule has 1 atom stereocenters. The van der Waals surface area contributed by atoms with Crippen LogP contribution in [0.15, 0.2) is 17.1 Å². The van der Waals surface area contributed by atoms with E-state index < -0.39 is 12.2 Å². The minimum absolute atomic E-state index is 0.0439. The number of halogens is 2. The zero-order valence-corrected chi connectivity index (χ0v) is 16.3. The van der Waals surface area contributed by atoms with Crippen molar-refractivity contribution >= 4 is 11.5 Å². The van der Waals surface area contributed by atoms with Crippen molar-refractivity contribution in [3.63, 3.8) is 0 Å². The summed E-state index contributed by atoms with van der Waals surface area (Å²) in [5.74, 6) is 0.0802. The largest absolute Gasteiger partial charge is 0.417 e. The predicted molar refractivity (Wildman–Crippen MR) is 100 cm³/mol. The van der Waals surface area contributed by atoms with Crippen LogP contribution in [0.3, 0.4) is 0 Å². The molecule has 0 amide bonds. The van der Waals surface area contributed by atoms with Crippen molar-refractivity contribution in [2.45, 2.75) is 39.3 Å². The maximum atomic E-state index is 13.0. The van der Waals surface area contributed by atoms with Crippen LogP contribution in [-0.2, 0) is 4.74 Å². The van der Waals surface area contributed by atoms with Crippen LogP contribution in [0.1, 0.15) is 35.8 Å². The molecule has 10 heteroatoms. The van der Waals surface area contributed by atoms with Gasteiger partial charge >= 0.3 is 6.61 Å². The van der Waals surface area contributed by atoms with Crippen LogP contribution in [0.2, 0.25) is 0 Å². The molecule has 0 radical (unpaired) electrons. The van der Waals surface area contributed by atoms with Gasteiger partial charge in [0.05, 0.1) is 24.0 Å². The summed E-state index contributed by atoms with van der Waals surface area (Å²) in [4.78, 5) is 21.1. The van der Waals surface area contributed by atoms with Crippen molar-refractivity contribution in [2.24, 2.45) is 5.92 Å². The lowest BCUT2D eigenvalue weighted by molar-refractivity contribution is -0.0533. The average Bonchev–Trinajstić information content (AvgIpc) is 3.50. The van der Waals surface area contributed by atoms with Gasteiger partial charge in [-0.1, -0.05) is 0 Å². The first kappa shape index (κ1) is 20.7. The number of nitriles is 1. The van der Waals surface area contributed by atoms with Gasteiger partial charge in [0.15, 0.2) is 11.5 Å². The molecule has 1 aliphatic carbocycles. The van der Waals surface area contributed by atoms with Gasteiger partial charge in [0.2, 0.25) is 5.88 Å². The van der Waals surface area contributed by atoms with Crippen molar-refractivity contribution in [2.75, 3.05) is 19.0 Å². The Kier molecular flexibility index (Phi) is 6.08. The number of nitrogens with zero attached hydrogens (tertiary/aromatic N) is 4. The van der Waals surface area contributed by atoms with Crippen LogP contribution in [0.5, 0.6) is 5.88 Å². The minimum Gasteiger partial charge on any atom is -0.417 e. The minimum atomic E-state index is -2.99. The summed E-state index contributed by atoms with van der Waals surface area (Å²) in [6.07, 6.45) is 3.41. The molecule has 154 valence electrons. The van der Waals surface area contributed by atoms with Crippen molar-refractivity contribution in [1.82, 2.24) is 14.5 Å². The molecular weight excluding hydrogens is 384 g/mol. The molecule has 2 aromatic heterocycles. The number of hydrogen-bond acceptors (Lipinski definition) is 7. The number of ether oxygens (including phenoxy) is 2. The highest BCUT2D eigenvalue weighted by molar-refractivity contribution is 5.60. The number of anilines is 2. The monoisotopic (exact) mass is 405 g/mol. The number of rotatable bonds is 8. The first-order valence-electron chi connectivity index (χ1n) is 9.06. The van der Waals surface area contributed by atoms with E-state index in [4.69, 9.17) is 4.74 Å². The summed E-state index contributed by atoms with van der Waals surface area (Å²) >= 11 is 0. The number of hydrogen-bond donors (Lipinski definition) is 1. The lowest BCUT2D eigenvalue weighted by atomic mass is 10.2. The first-order chi connectivity index (χ1) is 13.8.